The van der Waals surface area contributed by atoms with Crippen LogP contribution in [0.3, 0.4) is 0 Å². The second kappa shape index (κ2) is 12.7. The fourth-order valence-corrected chi connectivity index (χ4v) is 5.71. The maximum Gasteiger partial charge on any atom is 0.127 e. The maximum absolute atomic E-state index is 5.91. The normalized spacial score (nSPS) is 11.1. The van der Waals surface area contributed by atoms with Gasteiger partial charge in [0.1, 0.15) is 34.5 Å². The number of thioether (sulfide) groups is 1. The van der Waals surface area contributed by atoms with Crippen LogP contribution in [-0.4, -0.2) is 47.4 Å². The zero-order valence-corrected chi connectivity index (χ0v) is 26.0. The van der Waals surface area contributed by atoms with Crippen LogP contribution in [-0.2, 0) is 0 Å². The zero-order chi connectivity index (χ0) is 29.7. The van der Waals surface area contributed by atoms with Crippen molar-refractivity contribution < 1.29 is 28.4 Å². The first-order valence-electron chi connectivity index (χ1n) is 13.2. The Kier molecular flexibility index (Phi) is 9.28. The largest absolute Gasteiger partial charge is 0.497 e. The first-order chi connectivity index (χ1) is 19.7. The summed E-state index contributed by atoms with van der Waals surface area (Å²) in [5.41, 5.74) is 5.21. The Bertz CT molecular complexity index is 1510. The van der Waals surface area contributed by atoms with Crippen molar-refractivity contribution in [3.05, 3.63) is 66.7 Å². The molecule has 0 aliphatic rings. The van der Waals surface area contributed by atoms with E-state index in [0.717, 1.165) is 39.1 Å². The van der Waals surface area contributed by atoms with E-state index in [1.165, 1.54) is 4.90 Å². The molecule has 0 bridgehead atoms. The molecule has 0 spiro atoms. The Hall–Kier alpha value is -3.97. The van der Waals surface area contributed by atoms with Gasteiger partial charge in [0.15, 0.2) is 0 Å². The molecule has 4 aromatic rings. The minimum absolute atomic E-state index is 0.136. The van der Waals surface area contributed by atoms with Gasteiger partial charge in [-0.25, -0.2) is 0 Å². The van der Waals surface area contributed by atoms with Crippen LogP contribution in [0.1, 0.15) is 20.8 Å². The third-order valence-corrected chi connectivity index (χ3v) is 7.74. The van der Waals surface area contributed by atoms with Gasteiger partial charge < -0.3 is 28.4 Å². The fraction of sp³-hybridized carbons (Fsp3) is 0.294. The van der Waals surface area contributed by atoms with Gasteiger partial charge in [0.05, 0.1) is 42.7 Å². The minimum Gasteiger partial charge on any atom is -0.497 e. The monoisotopic (exact) mass is 574 g/mol. The molecular weight excluding hydrogens is 536 g/mol. The van der Waals surface area contributed by atoms with E-state index in [9.17, 15) is 0 Å². The molecule has 0 aliphatic heterocycles. The Morgan fingerprint density at radius 3 is 1.27 bits per heavy atom. The summed E-state index contributed by atoms with van der Waals surface area (Å²) in [4.78, 5) is 1.22. The van der Waals surface area contributed by atoms with E-state index in [1.54, 1.807) is 42.7 Å². The molecule has 4 aromatic carbocycles. The molecule has 0 N–H and O–H groups in total. The number of rotatable bonds is 10. The summed E-state index contributed by atoms with van der Waals surface area (Å²) in [6.45, 7) is 6.63. The van der Waals surface area contributed by atoms with Crippen molar-refractivity contribution in [2.75, 3.05) is 42.7 Å². The van der Waals surface area contributed by atoms with Crippen LogP contribution in [0, 0.1) is 0 Å². The van der Waals surface area contributed by atoms with Crippen LogP contribution in [0.4, 0.5) is 0 Å². The minimum atomic E-state index is 0.136. The quantitative estimate of drug-likeness (QED) is 0.176. The lowest BCUT2D eigenvalue weighted by atomic mass is 9.94. The Labute approximate surface area is 247 Å². The lowest BCUT2D eigenvalue weighted by molar-refractivity contribution is 0.398. The van der Waals surface area contributed by atoms with Crippen molar-refractivity contribution in [2.24, 2.45) is 0 Å². The third kappa shape index (κ3) is 6.51. The third-order valence-electron chi connectivity index (χ3n) is 6.62. The summed E-state index contributed by atoms with van der Waals surface area (Å²) in [5.74, 6) is 4.08. The highest BCUT2D eigenvalue weighted by Crippen LogP contribution is 2.48. The number of hydrogen-bond donors (Lipinski definition) is 0. The van der Waals surface area contributed by atoms with Crippen LogP contribution in [0.2, 0.25) is 0 Å². The van der Waals surface area contributed by atoms with E-state index in [0.29, 0.717) is 28.7 Å². The van der Waals surface area contributed by atoms with Crippen LogP contribution < -0.4 is 28.4 Å². The molecule has 41 heavy (non-hydrogen) atoms. The molecule has 0 saturated heterocycles. The zero-order valence-electron chi connectivity index (χ0n) is 25.2. The summed E-state index contributed by atoms with van der Waals surface area (Å²) in [5, 5.41) is 0. The van der Waals surface area contributed by atoms with E-state index in [1.807, 2.05) is 54.2 Å². The van der Waals surface area contributed by atoms with Crippen molar-refractivity contribution in [2.45, 2.75) is 30.4 Å². The highest BCUT2D eigenvalue weighted by atomic mass is 32.2. The van der Waals surface area contributed by atoms with E-state index in [4.69, 9.17) is 28.4 Å². The summed E-state index contributed by atoms with van der Waals surface area (Å²) in [6, 6.07) is 22.0. The van der Waals surface area contributed by atoms with Gasteiger partial charge in [-0.1, -0.05) is 32.9 Å². The van der Waals surface area contributed by atoms with Gasteiger partial charge in [0.2, 0.25) is 0 Å². The van der Waals surface area contributed by atoms with Crippen LogP contribution in [0.5, 0.6) is 34.5 Å². The first-order valence-corrected chi connectivity index (χ1v) is 14.0. The SMILES string of the molecule is COc1ccc(OC)c(-c2cc(OC)c(-c3cc(OC)c(-c4ccc(SC(C)(C)C)cc4)cc3OC)cc2OC)c1. The Morgan fingerprint density at radius 2 is 0.854 bits per heavy atom. The maximum atomic E-state index is 5.91. The second-order valence-corrected chi connectivity index (χ2v) is 12.2. The van der Waals surface area contributed by atoms with E-state index >= 15 is 0 Å². The second-order valence-electron chi connectivity index (χ2n) is 10.3. The summed E-state index contributed by atoms with van der Waals surface area (Å²) >= 11 is 1.84. The van der Waals surface area contributed by atoms with Crippen molar-refractivity contribution in [1.82, 2.24) is 0 Å². The number of hydrogen-bond acceptors (Lipinski definition) is 7. The average molecular weight is 575 g/mol. The molecule has 0 aromatic heterocycles. The predicted octanol–water partition coefficient (Wildman–Crippen LogP) is 8.63. The molecule has 0 fully saturated rings. The van der Waals surface area contributed by atoms with Crippen molar-refractivity contribution in [1.29, 1.82) is 0 Å². The van der Waals surface area contributed by atoms with Gasteiger partial charge in [-0.3, -0.25) is 0 Å². The number of ether oxygens (including phenoxy) is 6. The number of benzene rings is 4. The van der Waals surface area contributed by atoms with E-state index in [2.05, 4.69) is 45.0 Å². The van der Waals surface area contributed by atoms with Gasteiger partial charge >= 0.3 is 0 Å². The van der Waals surface area contributed by atoms with Crippen LogP contribution >= 0.6 is 11.8 Å². The molecule has 0 aliphatic carbocycles. The molecule has 0 saturated carbocycles. The lowest BCUT2D eigenvalue weighted by Crippen LogP contribution is -2.06. The van der Waals surface area contributed by atoms with Gasteiger partial charge in [0, 0.05) is 37.5 Å². The van der Waals surface area contributed by atoms with Gasteiger partial charge in [-0.05, 0) is 60.2 Å². The first kappa shape index (κ1) is 30.0. The molecule has 7 heteroatoms. The molecule has 0 heterocycles. The van der Waals surface area contributed by atoms with Crippen LogP contribution in [0.25, 0.3) is 33.4 Å². The van der Waals surface area contributed by atoms with Gasteiger partial charge in [-0.2, -0.15) is 0 Å². The molecule has 0 atom stereocenters. The summed E-state index contributed by atoms with van der Waals surface area (Å²) < 4.78 is 34.8. The fourth-order valence-electron chi connectivity index (χ4n) is 4.73. The van der Waals surface area contributed by atoms with Crippen molar-refractivity contribution >= 4 is 11.8 Å². The number of methoxy groups -OCH3 is 6. The molecule has 0 radical (unpaired) electrons. The standard InChI is InChI=1S/C34H38O6S/c1-34(2,3)41-23-13-10-21(11-14-23)24-17-31(38-7)27(18-30(24)37-6)28-20-32(39-8)26(19-33(28)40-9)25-16-22(35-4)12-15-29(25)36-5/h10-20H,1-9H3. The Morgan fingerprint density at radius 1 is 0.439 bits per heavy atom. The average Bonchev–Trinajstić information content (AvgIpc) is 2.98. The molecule has 0 unspecified atom stereocenters. The smallest absolute Gasteiger partial charge is 0.127 e. The molecule has 0 amide bonds. The van der Waals surface area contributed by atoms with Crippen LogP contribution in [0.15, 0.2) is 71.6 Å². The predicted molar refractivity (Wildman–Crippen MR) is 168 cm³/mol. The molecule has 4 rings (SSSR count). The molecule has 216 valence electrons. The van der Waals surface area contributed by atoms with E-state index < -0.39 is 0 Å². The Balaban J connectivity index is 1.86. The topological polar surface area (TPSA) is 55.4 Å². The van der Waals surface area contributed by atoms with Gasteiger partial charge in [-0.15, -0.1) is 11.8 Å². The summed E-state index contributed by atoms with van der Waals surface area (Å²) in [7, 11) is 9.90. The highest BCUT2D eigenvalue weighted by Gasteiger charge is 2.22. The lowest BCUT2D eigenvalue weighted by Gasteiger charge is -2.20. The van der Waals surface area contributed by atoms with E-state index in [-0.39, 0.29) is 4.75 Å². The van der Waals surface area contributed by atoms with Crippen molar-refractivity contribution in [3.63, 3.8) is 0 Å². The van der Waals surface area contributed by atoms with Crippen molar-refractivity contribution in [3.8, 4) is 67.9 Å². The molecular formula is C34H38O6S. The highest BCUT2D eigenvalue weighted by molar-refractivity contribution is 8.00. The summed E-state index contributed by atoms with van der Waals surface area (Å²) in [6.07, 6.45) is 0. The van der Waals surface area contributed by atoms with Gasteiger partial charge in [0.25, 0.3) is 0 Å². The molecule has 6 nitrogen and oxygen atoms in total.